The summed E-state index contributed by atoms with van der Waals surface area (Å²) in [5.41, 5.74) is 0. The maximum Gasteiger partial charge on any atom is 0.245 e. The molecule has 0 aromatic carbocycles. The normalized spacial score (nSPS) is 21.2. The van der Waals surface area contributed by atoms with Crippen molar-refractivity contribution < 1.29 is 14.0 Å². The fourth-order valence-corrected chi connectivity index (χ4v) is 2.57. The van der Waals surface area contributed by atoms with Gasteiger partial charge in [-0.3, -0.25) is 9.59 Å². The molecule has 1 aromatic rings. The van der Waals surface area contributed by atoms with Crippen LogP contribution >= 0.6 is 0 Å². The van der Waals surface area contributed by atoms with Crippen molar-refractivity contribution in [2.24, 2.45) is 5.92 Å². The number of carbonyl (C=O) groups is 2. The summed E-state index contributed by atoms with van der Waals surface area (Å²) >= 11 is 0. The molecule has 1 fully saturated rings. The van der Waals surface area contributed by atoms with Crippen molar-refractivity contribution in [3.05, 3.63) is 24.2 Å². The summed E-state index contributed by atoms with van der Waals surface area (Å²) in [4.78, 5) is 25.9. The van der Waals surface area contributed by atoms with Gasteiger partial charge in [0.1, 0.15) is 11.8 Å². The second kappa shape index (κ2) is 6.11. The van der Waals surface area contributed by atoms with Gasteiger partial charge in [0.05, 0.1) is 12.8 Å². The minimum Gasteiger partial charge on any atom is -0.469 e. The molecule has 0 aliphatic carbocycles. The molecule has 0 radical (unpaired) electrons. The van der Waals surface area contributed by atoms with Gasteiger partial charge in [-0.2, -0.15) is 0 Å². The topological polar surface area (TPSA) is 62.6 Å². The fourth-order valence-electron chi connectivity index (χ4n) is 2.57. The molecule has 20 heavy (non-hydrogen) atoms. The summed E-state index contributed by atoms with van der Waals surface area (Å²) in [7, 11) is 0. The van der Waals surface area contributed by atoms with Crippen LogP contribution in [0.5, 0.6) is 0 Å². The number of nitrogens with zero attached hydrogens (tertiary/aromatic N) is 1. The summed E-state index contributed by atoms with van der Waals surface area (Å²) in [6.07, 6.45) is 2.92. The molecule has 5 nitrogen and oxygen atoms in total. The molecule has 5 heteroatoms. The SMILES string of the molecule is CC(C)CC1NC(=O)CN(C(C)Cc2ccco2)C1=O. The average Bonchev–Trinajstić information content (AvgIpc) is 2.85. The second-order valence-electron chi connectivity index (χ2n) is 5.85. The molecule has 0 saturated carbocycles. The lowest BCUT2D eigenvalue weighted by Gasteiger charge is -2.36. The van der Waals surface area contributed by atoms with E-state index in [9.17, 15) is 9.59 Å². The molecule has 1 N–H and O–H groups in total. The van der Waals surface area contributed by atoms with E-state index >= 15 is 0 Å². The van der Waals surface area contributed by atoms with Gasteiger partial charge in [0.2, 0.25) is 11.8 Å². The highest BCUT2D eigenvalue weighted by Crippen LogP contribution is 2.16. The Balaban J connectivity index is 2.05. The Morgan fingerprint density at radius 1 is 1.40 bits per heavy atom. The zero-order valence-corrected chi connectivity index (χ0v) is 12.3. The number of amides is 2. The van der Waals surface area contributed by atoms with Crippen LogP contribution in [0, 0.1) is 5.92 Å². The maximum absolute atomic E-state index is 12.5. The van der Waals surface area contributed by atoms with E-state index in [1.54, 1.807) is 11.2 Å². The Labute approximate surface area is 119 Å². The average molecular weight is 278 g/mol. The summed E-state index contributed by atoms with van der Waals surface area (Å²) in [6, 6.07) is 3.27. The van der Waals surface area contributed by atoms with Gasteiger partial charge in [0.15, 0.2) is 0 Å². The number of nitrogens with one attached hydrogen (secondary N) is 1. The smallest absolute Gasteiger partial charge is 0.245 e. The molecule has 0 bridgehead atoms. The minimum atomic E-state index is -0.393. The van der Waals surface area contributed by atoms with E-state index < -0.39 is 6.04 Å². The number of hydrogen-bond acceptors (Lipinski definition) is 3. The molecule has 1 aromatic heterocycles. The van der Waals surface area contributed by atoms with Gasteiger partial charge < -0.3 is 14.6 Å². The second-order valence-corrected chi connectivity index (χ2v) is 5.85. The van der Waals surface area contributed by atoms with Crippen LogP contribution in [-0.4, -0.2) is 35.3 Å². The van der Waals surface area contributed by atoms with Crippen LogP contribution in [0.15, 0.2) is 22.8 Å². The standard InChI is InChI=1S/C15H22N2O3/c1-10(2)7-13-15(19)17(9-14(18)16-13)11(3)8-12-5-4-6-20-12/h4-6,10-11,13H,7-9H2,1-3H3,(H,16,18). The Kier molecular flexibility index (Phi) is 4.47. The zero-order valence-electron chi connectivity index (χ0n) is 12.3. The fraction of sp³-hybridized carbons (Fsp3) is 0.600. The van der Waals surface area contributed by atoms with Crippen LogP contribution in [0.4, 0.5) is 0 Å². The highest BCUT2D eigenvalue weighted by atomic mass is 16.3. The van der Waals surface area contributed by atoms with E-state index in [0.29, 0.717) is 18.8 Å². The Morgan fingerprint density at radius 2 is 2.15 bits per heavy atom. The molecule has 1 aliphatic rings. The third-order valence-corrected chi connectivity index (χ3v) is 3.55. The van der Waals surface area contributed by atoms with E-state index in [2.05, 4.69) is 5.32 Å². The molecule has 2 unspecified atom stereocenters. The van der Waals surface area contributed by atoms with Crippen molar-refractivity contribution in [2.45, 2.75) is 45.7 Å². The predicted molar refractivity (Wildman–Crippen MR) is 75.0 cm³/mol. The van der Waals surface area contributed by atoms with Crippen LogP contribution < -0.4 is 5.32 Å². The van der Waals surface area contributed by atoms with E-state index in [1.165, 1.54) is 0 Å². The molecule has 2 heterocycles. The molecule has 0 spiro atoms. The van der Waals surface area contributed by atoms with Crippen molar-refractivity contribution in [2.75, 3.05) is 6.54 Å². The van der Waals surface area contributed by atoms with Crippen LogP contribution in [0.3, 0.4) is 0 Å². The number of furan rings is 1. The van der Waals surface area contributed by atoms with Gasteiger partial charge in [-0.05, 0) is 31.4 Å². The summed E-state index contributed by atoms with van der Waals surface area (Å²) in [6.45, 7) is 6.18. The summed E-state index contributed by atoms with van der Waals surface area (Å²) in [5, 5.41) is 2.79. The van der Waals surface area contributed by atoms with Gasteiger partial charge in [0, 0.05) is 12.5 Å². The molecular formula is C15H22N2O3. The Morgan fingerprint density at radius 3 is 2.75 bits per heavy atom. The molecule has 2 rings (SSSR count). The van der Waals surface area contributed by atoms with Crippen molar-refractivity contribution in [1.82, 2.24) is 10.2 Å². The Hall–Kier alpha value is -1.78. The Bertz CT molecular complexity index is 467. The molecule has 2 atom stereocenters. The monoisotopic (exact) mass is 278 g/mol. The minimum absolute atomic E-state index is 0.0114. The first-order valence-corrected chi connectivity index (χ1v) is 7.09. The molecule has 1 saturated heterocycles. The summed E-state index contributed by atoms with van der Waals surface area (Å²) in [5.74, 6) is 1.13. The van der Waals surface area contributed by atoms with Crippen molar-refractivity contribution in [3.63, 3.8) is 0 Å². The highest BCUT2D eigenvalue weighted by Gasteiger charge is 2.35. The first-order chi connectivity index (χ1) is 9.47. The lowest BCUT2D eigenvalue weighted by Crippen LogP contribution is -2.60. The quantitative estimate of drug-likeness (QED) is 0.889. The van der Waals surface area contributed by atoms with Gasteiger partial charge in [0.25, 0.3) is 0 Å². The maximum atomic E-state index is 12.5. The van der Waals surface area contributed by atoms with Crippen LogP contribution in [0.25, 0.3) is 0 Å². The third-order valence-electron chi connectivity index (χ3n) is 3.55. The van der Waals surface area contributed by atoms with E-state index in [4.69, 9.17) is 4.42 Å². The molecule has 110 valence electrons. The van der Waals surface area contributed by atoms with E-state index in [-0.39, 0.29) is 24.4 Å². The van der Waals surface area contributed by atoms with Gasteiger partial charge >= 0.3 is 0 Å². The van der Waals surface area contributed by atoms with Crippen molar-refractivity contribution in [3.8, 4) is 0 Å². The summed E-state index contributed by atoms with van der Waals surface area (Å²) < 4.78 is 5.31. The van der Waals surface area contributed by atoms with Crippen LogP contribution in [0.2, 0.25) is 0 Å². The first-order valence-electron chi connectivity index (χ1n) is 7.09. The number of piperazine rings is 1. The van der Waals surface area contributed by atoms with E-state index in [0.717, 1.165) is 5.76 Å². The number of carbonyl (C=O) groups excluding carboxylic acids is 2. The largest absolute Gasteiger partial charge is 0.469 e. The molecule has 2 amide bonds. The van der Waals surface area contributed by atoms with Crippen molar-refractivity contribution >= 4 is 11.8 Å². The van der Waals surface area contributed by atoms with Crippen LogP contribution in [-0.2, 0) is 16.0 Å². The lowest BCUT2D eigenvalue weighted by molar-refractivity contribution is -0.146. The van der Waals surface area contributed by atoms with Gasteiger partial charge in [-0.1, -0.05) is 13.8 Å². The highest BCUT2D eigenvalue weighted by molar-refractivity contribution is 5.95. The number of rotatable bonds is 5. The molecular weight excluding hydrogens is 256 g/mol. The first kappa shape index (κ1) is 14.6. The van der Waals surface area contributed by atoms with Crippen LogP contribution in [0.1, 0.15) is 33.0 Å². The predicted octanol–water partition coefficient (Wildman–Crippen LogP) is 1.58. The third kappa shape index (κ3) is 3.40. The van der Waals surface area contributed by atoms with Crippen molar-refractivity contribution in [1.29, 1.82) is 0 Å². The molecule has 1 aliphatic heterocycles. The van der Waals surface area contributed by atoms with Gasteiger partial charge in [-0.15, -0.1) is 0 Å². The van der Waals surface area contributed by atoms with E-state index in [1.807, 2.05) is 32.9 Å². The lowest BCUT2D eigenvalue weighted by atomic mass is 9.99. The zero-order chi connectivity index (χ0) is 14.7. The number of hydrogen-bond donors (Lipinski definition) is 1. The van der Waals surface area contributed by atoms with Gasteiger partial charge in [-0.25, -0.2) is 0 Å².